The van der Waals surface area contributed by atoms with E-state index >= 15 is 0 Å². The number of aromatic hydroxyl groups is 1. The third-order valence-electron chi connectivity index (χ3n) is 2.81. The van der Waals surface area contributed by atoms with Crippen molar-refractivity contribution in [3.8, 4) is 16.9 Å². The van der Waals surface area contributed by atoms with Crippen molar-refractivity contribution < 1.29 is 5.11 Å². The number of phenols is 1. The Balaban J connectivity index is 0.00000120. The van der Waals surface area contributed by atoms with Crippen LogP contribution in [0.25, 0.3) is 22.0 Å². The number of nitrogens with zero attached hydrogens (tertiary/aromatic N) is 1. The molecule has 0 amide bonds. The Bertz CT molecular complexity index is 668. The Morgan fingerprint density at radius 3 is 2.44 bits per heavy atom. The van der Waals surface area contributed by atoms with Crippen LogP contribution >= 0.6 is 0 Å². The summed E-state index contributed by atoms with van der Waals surface area (Å²) in [5, 5.41) is 10.5. The van der Waals surface area contributed by atoms with Crippen molar-refractivity contribution in [2.75, 3.05) is 0 Å². The summed E-state index contributed by atoms with van der Waals surface area (Å²) in [6, 6.07) is 17.3. The van der Waals surface area contributed by atoms with Crippen molar-refractivity contribution in [3.63, 3.8) is 0 Å². The number of pyridine rings is 1. The van der Waals surface area contributed by atoms with Gasteiger partial charge in [0.15, 0.2) is 0 Å². The topological polar surface area (TPSA) is 33.1 Å². The van der Waals surface area contributed by atoms with Crippen LogP contribution in [0.4, 0.5) is 0 Å². The van der Waals surface area contributed by atoms with Crippen LogP contribution in [0.5, 0.6) is 5.75 Å². The molecule has 0 fully saturated rings. The molecule has 0 radical (unpaired) electrons. The van der Waals surface area contributed by atoms with Gasteiger partial charge in [0, 0.05) is 11.6 Å². The first-order valence-electron chi connectivity index (χ1n) is 5.48. The number of fused-ring (bicyclic) bond motifs is 1. The van der Waals surface area contributed by atoms with E-state index in [1.54, 1.807) is 18.3 Å². The van der Waals surface area contributed by atoms with Crippen LogP contribution in [-0.4, -0.2) is 29.0 Å². The van der Waals surface area contributed by atoms with E-state index in [0.29, 0.717) is 0 Å². The van der Waals surface area contributed by atoms with Gasteiger partial charge in [-0.3, -0.25) is 4.98 Å². The Morgan fingerprint density at radius 1 is 0.889 bits per heavy atom. The van der Waals surface area contributed by atoms with Crippen LogP contribution in [0.15, 0.2) is 60.8 Å². The average Bonchev–Trinajstić information content (AvgIpc) is 2.39. The second-order valence-corrected chi connectivity index (χ2v) is 3.93. The van der Waals surface area contributed by atoms with Crippen LogP contribution in [0.3, 0.4) is 0 Å². The molecule has 0 saturated carbocycles. The average molecular weight is 229 g/mol. The Morgan fingerprint density at radius 2 is 1.67 bits per heavy atom. The third-order valence-corrected chi connectivity index (χ3v) is 2.81. The van der Waals surface area contributed by atoms with Crippen LogP contribution in [-0.2, 0) is 0 Å². The van der Waals surface area contributed by atoms with Crippen molar-refractivity contribution in [2.45, 2.75) is 0 Å². The molecule has 0 aliphatic carbocycles. The van der Waals surface area contributed by atoms with Gasteiger partial charge in [-0.15, -0.1) is 0 Å². The first-order valence-corrected chi connectivity index (χ1v) is 5.48. The van der Waals surface area contributed by atoms with Gasteiger partial charge in [0.1, 0.15) is 5.75 Å². The molecule has 0 aliphatic heterocycles. The molecule has 0 atom stereocenters. The fourth-order valence-corrected chi connectivity index (χ4v) is 2.00. The molecule has 84 valence electrons. The zero-order valence-electron chi connectivity index (χ0n) is 9.17. The van der Waals surface area contributed by atoms with E-state index < -0.39 is 0 Å². The van der Waals surface area contributed by atoms with E-state index in [0.717, 1.165) is 22.0 Å². The predicted octanol–water partition coefficient (Wildman–Crippen LogP) is 2.96. The monoisotopic (exact) mass is 229 g/mol. The zero-order chi connectivity index (χ0) is 11.7. The fourth-order valence-electron chi connectivity index (χ4n) is 2.00. The number of benzene rings is 2. The van der Waals surface area contributed by atoms with Crippen molar-refractivity contribution in [3.05, 3.63) is 60.8 Å². The number of hydrogen-bond donors (Lipinski definition) is 1. The van der Waals surface area contributed by atoms with Gasteiger partial charge < -0.3 is 5.11 Å². The molecule has 0 unspecified atom stereocenters. The summed E-state index contributed by atoms with van der Waals surface area (Å²) in [7, 11) is 0. The zero-order valence-corrected chi connectivity index (χ0v) is 9.17. The van der Waals surface area contributed by atoms with Crippen LogP contribution < -0.4 is 0 Å². The first kappa shape index (κ1) is 12.7. The van der Waals surface area contributed by atoms with E-state index in [2.05, 4.69) is 17.1 Å². The quantitative estimate of drug-likeness (QED) is 0.651. The Hall–Kier alpha value is -1.75. The summed E-state index contributed by atoms with van der Waals surface area (Å²) in [5.41, 5.74) is 3.11. The summed E-state index contributed by atoms with van der Waals surface area (Å²) in [5.74, 6) is 0.266. The molecule has 3 heteroatoms. The van der Waals surface area contributed by atoms with Crippen molar-refractivity contribution >= 4 is 29.8 Å². The van der Waals surface area contributed by atoms with Gasteiger partial charge in [-0.1, -0.05) is 30.3 Å². The molecule has 3 rings (SSSR count). The van der Waals surface area contributed by atoms with Crippen LogP contribution in [0, 0.1) is 0 Å². The molecular formula is C15H12LiNO. The molecule has 2 nitrogen and oxygen atoms in total. The van der Waals surface area contributed by atoms with E-state index in [1.165, 1.54) is 0 Å². The first-order chi connectivity index (χ1) is 8.34. The summed E-state index contributed by atoms with van der Waals surface area (Å²) in [6.07, 6.45) is 1.79. The SMILES string of the molecule is Oc1ccc2nccc(-c3ccccc3)c2c1.[LiH]. The number of aromatic nitrogens is 1. The summed E-state index contributed by atoms with van der Waals surface area (Å²) < 4.78 is 0. The van der Waals surface area contributed by atoms with Gasteiger partial charge in [-0.05, 0) is 35.4 Å². The second-order valence-electron chi connectivity index (χ2n) is 3.93. The second kappa shape index (κ2) is 5.26. The van der Waals surface area contributed by atoms with Gasteiger partial charge in [-0.2, -0.15) is 0 Å². The minimum atomic E-state index is 0. The van der Waals surface area contributed by atoms with E-state index in [9.17, 15) is 5.11 Å². The van der Waals surface area contributed by atoms with Crippen LogP contribution in [0.1, 0.15) is 0 Å². The molecule has 1 N–H and O–H groups in total. The molecule has 0 saturated heterocycles. The van der Waals surface area contributed by atoms with Gasteiger partial charge >= 0.3 is 18.9 Å². The van der Waals surface area contributed by atoms with Gasteiger partial charge in [0.25, 0.3) is 0 Å². The molecule has 0 aliphatic rings. The van der Waals surface area contributed by atoms with Crippen LogP contribution in [0.2, 0.25) is 0 Å². The predicted molar refractivity (Wildman–Crippen MR) is 76.0 cm³/mol. The molecule has 0 spiro atoms. The fraction of sp³-hybridized carbons (Fsp3) is 0. The molecular weight excluding hydrogens is 217 g/mol. The molecule has 2 aromatic carbocycles. The van der Waals surface area contributed by atoms with Crippen molar-refractivity contribution in [1.82, 2.24) is 4.98 Å². The van der Waals surface area contributed by atoms with Crippen molar-refractivity contribution in [1.29, 1.82) is 0 Å². The number of phenolic OH excluding ortho intramolecular Hbond substituents is 1. The van der Waals surface area contributed by atoms with Crippen molar-refractivity contribution in [2.24, 2.45) is 0 Å². The molecule has 0 bridgehead atoms. The number of rotatable bonds is 1. The van der Waals surface area contributed by atoms with E-state index in [-0.39, 0.29) is 24.6 Å². The Kier molecular flexibility index (Phi) is 3.71. The summed E-state index contributed by atoms with van der Waals surface area (Å²) in [6.45, 7) is 0. The molecule has 3 aromatic rings. The normalized spacial score (nSPS) is 10.0. The van der Waals surface area contributed by atoms with Gasteiger partial charge in [-0.25, -0.2) is 0 Å². The van der Waals surface area contributed by atoms with E-state index in [4.69, 9.17) is 0 Å². The number of hydrogen-bond acceptors (Lipinski definition) is 2. The third kappa shape index (κ3) is 2.26. The minimum absolute atomic E-state index is 0. The summed E-state index contributed by atoms with van der Waals surface area (Å²) >= 11 is 0. The maximum absolute atomic E-state index is 9.57. The molecule has 1 aromatic heterocycles. The summed E-state index contributed by atoms with van der Waals surface area (Å²) in [4.78, 5) is 4.30. The van der Waals surface area contributed by atoms with E-state index in [1.807, 2.05) is 30.3 Å². The maximum atomic E-state index is 9.57. The van der Waals surface area contributed by atoms with Gasteiger partial charge in [0.2, 0.25) is 0 Å². The molecule has 1 heterocycles. The standard InChI is InChI=1S/C15H11NO.Li.H/c17-12-6-7-15-14(10-12)13(8-9-16-15)11-4-2-1-3-5-11;;/h1-10,17H;;. The Labute approximate surface area is 117 Å². The van der Waals surface area contributed by atoms with Gasteiger partial charge in [0.05, 0.1) is 5.52 Å². The molecule has 18 heavy (non-hydrogen) atoms.